The number of carboxylic acid groups (broad SMARTS) is 1. The zero-order valence-electron chi connectivity index (χ0n) is 18.8. The predicted octanol–water partition coefficient (Wildman–Crippen LogP) is 5.61. The summed E-state index contributed by atoms with van der Waals surface area (Å²) in [5.74, 6) is -0.249. The Labute approximate surface area is 175 Å². The van der Waals surface area contributed by atoms with Gasteiger partial charge in [-0.2, -0.15) is 0 Å². The zero-order valence-corrected chi connectivity index (χ0v) is 18.8. The Bertz CT molecular complexity index is 741. The number of allylic oxidation sites excluding steroid dienone is 2. The maximum absolute atomic E-state index is 12.7. The van der Waals surface area contributed by atoms with Gasteiger partial charge in [-0.05, 0) is 85.9 Å². The standard InChI is InChI=1S/C25H38O4/c1-16(2)14-20(26)29-19-8-10-23(4)17(24(19,5)21(27)28)7-11-25-13-12-22(3,15-25)9-6-18(23)25/h12-13,16-19H,6-11,14-15H2,1-5H3,(H,27,28). The number of carbonyl (C=O) groups is 2. The molecule has 4 heteroatoms. The Morgan fingerprint density at radius 1 is 1.03 bits per heavy atom. The second-order valence-corrected chi connectivity index (χ2v) is 11.8. The van der Waals surface area contributed by atoms with Gasteiger partial charge in [0.2, 0.25) is 0 Å². The van der Waals surface area contributed by atoms with Crippen molar-refractivity contribution in [3.8, 4) is 0 Å². The van der Waals surface area contributed by atoms with Crippen LogP contribution in [0.25, 0.3) is 0 Å². The number of hydrogen-bond acceptors (Lipinski definition) is 3. The quantitative estimate of drug-likeness (QED) is 0.490. The number of rotatable bonds is 4. The van der Waals surface area contributed by atoms with Crippen molar-refractivity contribution in [1.82, 2.24) is 0 Å². The highest BCUT2D eigenvalue weighted by atomic mass is 16.5. The molecule has 2 bridgehead atoms. The number of aliphatic carboxylic acids is 1. The Morgan fingerprint density at radius 2 is 1.72 bits per heavy atom. The molecule has 29 heavy (non-hydrogen) atoms. The molecule has 0 heterocycles. The van der Waals surface area contributed by atoms with Gasteiger partial charge in [0.25, 0.3) is 0 Å². The van der Waals surface area contributed by atoms with Crippen LogP contribution in [0.3, 0.4) is 0 Å². The van der Waals surface area contributed by atoms with Crippen molar-refractivity contribution in [3.05, 3.63) is 12.2 Å². The van der Waals surface area contributed by atoms with E-state index in [1.165, 1.54) is 19.3 Å². The molecule has 3 saturated carbocycles. The third kappa shape index (κ3) is 2.99. The van der Waals surface area contributed by atoms with E-state index in [1.54, 1.807) is 0 Å². The second-order valence-electron chi connectivity index (χ2n) is 11.8. The van der Waals surface area contributed by atoms with Crippen LogP contribution in [-0.2, 0) is 14.3 Å². The Kier molecular flexibility index (Phi) is 4.76. The summed E-state index contributed by atoms with van der Waals surface area (Å²) in [5.41, 5.74) is -0.440. The van der Waals surface area contributed by atoms with Crippen molar-refractivity contribution < 1.29 is 19.4 Å². The van der Waals surface area contributed by atoms with E-state index in [0.717, 1.165) is 19.3 Å². The molecule has 7 atom stereocenters. The third-order valence-electron chi connectivity index (χ3n) is 9.39. The van der Waals surface area contributed by atoms with Crippen molar-refractivity contribution in [2.45, 2.75) is 92.1 Å². The molecule has 0 saturated heterocycles. The monoisotopic (exact) mass is 402 g/mol. The van der Waals surface area contributed by atoms with Crippen LogP contribution >= 0.6 is 0 Å². The fourth-order valence-electron chi connectivity index (χ4n) is 8.04. The lowest BCUT2D eigenvalue weighted by Crippen LogP contribution is -2.63. The molecule has 0 aromatic rings. The number of hydrogen-bond donors (Lipinski definition) is 1. The molecule has 4 aliphatic carbocycles. The molecule has 1 spiro atoms. The Morgan fingerprint density at radius 3 is 2.38 bits per heavy atom. The molecule has 1 N–H and O–H groups in total. The molecule has 3 fully saturated rings. The van der Waals surface area contributed by atoms with Crippen molar-refractivity contribution in [2.75, 3.05) is 0 Å². The van der Waals surface area contributed by atoms with Gasteiger partial charge in [0.15, 0.2) is 0 Å². The number of carboxylic acids is 1. The molecular formula is C25H38O4. The van der Waals surface area contributed by atoms with Crippen LogP contribution in [0.15, 0.2) is 12.2 Å². The molecule has 0 radical (unpaired) electrons. The predicted molar refractivity (Wildman–Crippen MR) is 112 cm³/mol. The third-order valence-corrected chi connectivity index (χ3v) is 9.39. The highest BCUT2D eigenvalue weighted by molar-refractivity contribution is 5.77. The highest BCUT2D eigenvalue weighted by Gasteiger charge is 2.67. The fraction of sp³-hybridized carbons (Fsp3) is 0.840. The summed E-state index contributed by atoms with van der Waals surface area (Å²) in [6, 6.07) is 0. The number of ether oxygens (including phenoxy) is 1. The second kappa shape index (κ2) is 6.59. The highest BCUT2D eigenvalue weighted by Crippen LogP contribution is 2.72. The number of carbonyl (C=O) groups excluding carboxylic acids is 1. The van der Waals surface area contributed by atoms with Gasteiger partial charge in [-0.25, -0.2) is 0 Å². The molecule has 0 aliphatic heterocycles. The first-order valence-electron chi connectivity index (χ1n) is 11.6. The lowest BCUT2D eigenvalue weighted by atomic mass is 9.40. The van der Waals surface area contributed by atoms with Crippen LogP contribution in [-0.4, -0.2) is 23.1 Å². The molecular weight excluding hydrogens is 364 g/mol. The van der Waals surface area contributed by atoms with E-state index in [9.17, 15) is 14.7 Å². The lowest BCUT2D eigenvalue weighted by molar-refractivity contribution is -0.211. The molecule has 162 valence electrons. The van der Waals surface area contributed by atoms with E-state index < -0.39 is 17.5 Å². The molecule has 0 aromatic heterocycles. The smallest absolute Gasteiger partial charge is 0.313 e. The molecule has 0 aromatic carbocycles. The van der Waals surface area contributed by atoms with Gasteiger partial charge >= 0.3 is 11.9 Å². The summed E-state index contributed by atoms with van der Waals surface area (Å²) in [6.45, 7) is 10.6. The minimum absolute atomic E-state index is 0.0116. The van der Waals surface area contributed by atoms with Gasteiger partial charge < -0.3 is 9.84 Å². The van der Waals surface area contributed by atoms with Crippen molar-refractivity contribution in [3.63, 3.8) is 0 Å². The summed E-state index contributed by atoms with van der Waals surface area (Å²) in [6.07, 6.45) is 12.0. The first-order valence-corrected chi connectivity index (χ1v) is 11.6. The molecule has 4 rings (SSSR count). The van der Waals surface area contributed by atoms with Gasteiger partial charge in [0, 0.05) is 6.42 Å². The average Bonchev–Trinajstić information content (AvgIpc) is 2.86. The number of esters is 1. The van der Waals surface area contributed by atoms with Gasteiger partial charge in [-0.3, -0.25) is 9.59 Å². The van der Waals surface area contributed by atoms with Gasteiger partial charge in [-0.15, -0.1) is 0 Å². The molecule has 4 nitrogen and oxygen atoms in total. The van der Waals surface area contributed by atoms with E-state index >= 15 is 0 Å². The maximum atomic E-state index is 12.7. The Balaban J connectivity index is 1.65. The summed E-state index contributed by atoms with van der Waals surface area (Å²) >= 11 is 0. The number of fused-ring (bicyclic) bond motifs is 3. The van der Waals surface area contributed by atoms with E-state index in [1.807, 2.05) is 20.8 Å². The SMILES string of the molecule is CC(C)CC(=O)OC1CCC2(C)C3CCC4(C)C=CC3(CCC2C1(C)C(=O)O)C4. The molecule has 4 aliphatic rings. The summed E-state index contributed by atoms with van der Waals surface area (Å²) < 4.78 is 5.85. The molecule has 7 unspecified atom stereocenters. The normalized spacial score (nSPS) is 48.1. The van der Waals surface area contributed by atoms with Crippen LogP contribution in [0, 0.1) is 39.4 Å². The van der Waals surface area contributed by atoms with E-state index in [0.29, 0.717) is 24.2 Å². The van der Waals surface area contributed by atoms with E-state index in [-0.39, 0.29) is 28.6 Å². The topological polar surface area (TPSA) is 63.6 Å². The summed E-state index contributed by atoms with van der Waals surface area (Å²) in [4.78, 5) is 25.1. The zero-order chi connectivity index (χ0) is 21.2. The fourth-order valence-corrected chi connectivity index (χ4v) is 8.04. The van der Waals surface area contributed by atoms with Crippen LogP contribution in [0.4, 0.5) is 0 Å². The van der Waals surface area contributed by atoms with Crippen LogP contribution in [0.1, 0.15) is 86.0 Å². The molecule has 0 amide bonds. The summed E-state index contributed by atoms with van der Waals surface area (Å²) in [7, 11) is 0. The lowest BCUT2D eigenvalue weighted by Gasteiger charge is -2.64. The van der Waals surface area contributed by atoms with Crippen molar-refractivity contribution >= 4 is 11.9 Å². The van der Waals surface area contributed by atoms with E-state index in [4.69, 9.17) is 4.74 Å². The van der Waals surface area contributed by atoms with E-state index in [2.05, 4.69) is 26.0 Å². The van der Waals surface area contributed by atoms with Crippen LogP contribution in [0.2, 0.25) is 0 Å². The van der Waals surface area contributed by atoms with Crippen molar-refractivity contribution in [1.29, 1.82) is 0 Å². The Hall–Kier alpha value is -1.32. The van der Waals surface area contributed by atoms with Gasteiger partial charge in [-0.1, -0.05) is 39.8 Å². The van der Waals surface area contributed by atoms with Crippen LogP contribution < -0.4 is 0 Å². The maximum Gasteiger partial charge on any atom is 0.313 e. The minimum Gasteiger partial charge on any atom is -0.481 e. The summed E-state index contributed by atoms with van der Waals surface area (Å²) in [5, 5.41) is 10.4. The minimum atomic E-state index is -1.01. The van der Waals surface area contributed by atoms with Crippen molar-refractivity contribution in [2.24, 2.45) is 39.4 Å². The van der Waals surface area contributed by atoms with Crippen LogP contribution in [0.5, 0.6) is 0 Å². The first kappa shape index (κ1) is 20.9. The van der Waals surface area contributed by atoms with Gasteiger partial charge in [0.05, 0.1) is 0 Å². The average molecular weight is 403 g/mol. The largest absolute Gasteiger partial charge is 0.481 e. The van der Waals surface area contributed by atoms with Gasteiger partial charge in [0.1, 0.15) is 11.5 Å². The first-order chi connectivity index (χ1) is 13.5.